The number of carbonyl (C=O) groups excluding carboxylic acids is 2. The number of thioether (sulfide) groups is 1. The van der Waals surface area contributed by atoms with Crippen molar-refractivity contribution in [1.82, 2.24) is 14.8 Å². The topological polar surface area (TPSA) is 95.3 Å². The molecule has 0 aliphatic heterocycles. The van der Waals surface area contributed by atoms with Gasteiger partial charge in [0.05, 0.1) is 18.4 Å². The molecule has 1 aromatic heterocycles. The Labute approximate surface area is 178 Å². The van der Waals surface area contributed by atoms with Crippen LogP contribution in [0.2, 0.25) is 0 Å². The van der Waals surface area contributed by atoms with E-state index in [9.17, 15) is 9.59 Å². The summed E-state index contributed by atoms with van der Waals surface area (Å²) in [4.78, 5) is 23.7. The van der Waals surface area contributed by atoms with Gasteiger partial charge in [-0.15, -0.1) is 10.2 Å². The first-order chi connectivity index (χ1) is 14.5. The van der Waals surface area contributed by atoms with E-state index < -0.39 is 5.97 Å². The number of hydrogen-bond donors (Lipinski definition) is 1. The smallest absolute Gasteiger partial charge is 0.337 e. The summed E-state index contributed by atoms with van der Waals surface area (Å²) in [6.07, 6.45) is 0. The first kappa shape index (κ1) is 21.4. The fourth-order valence-corrected chi connectivity index (χ4v) is 3.32. The van der Waals surface area contributed by atoms with Crippen molar-refractivity contribution < 1.29 is 19.1 Å². The summed E-state index contributed by atoms with van der Waals surface area (Å²) in [7, 11) is 3.16. The van der Waals surface area contributed by atoms with Crippen molar-refractivity contribution in [2.75, 3.05) is 18.2 Å². The molecule has 0 radical (unpaired) electrons. The molecule has 30 heavy (non-hydrogen) atoms. The average Bonchev–Trinajstić information content (AvgIpc) is 3.11. The molecule has 1 amide bonds. The summed E-state index contributed by atoms with van der Waals surface area (Å²) in [5.41, 5.74) is 2.06. The Hall–Kier alpha value is -3.33. The minimum Gasteiger partial charge on any atom is -0.485 e. The summed E-state index contributed by atoms with van der Waals surface area (Å²) in [6.45, 7) is 2.27. The third-order valence-electron chi connectivity index (χ3n) is 4.30. The van der Waals surface area contributed by atoms with Gasteiger partial charge in [-0.25, -0.2) is 4.79 Å². The van der Waals surface area contributed by atoms with Crippen LogP contribution in [-0.2, 0) is 23.2 Å². The highest BCUT2D eigenvalue weighted by molar-refractivity contribution is 7.99. The first-order valence-corrected chi connectivity index (χ1v) is 10.1. The fraction of sp³-hybridized carbons (Fsp3) is 0.238. The van der Waals surface area contributed by atoms with E-state index in [1.165, 1.54) is 18.9 Å². The number of para-hydroxylation sites is 1. The van der Waals surface area contributed by atoms with Crippen LogP contribution < -0.4 is 10.1 Å². The third kappa shape index (κ3) is 5.38. The average molecular weight is 426 g/mol. The Morgan fingerprint density at radius 3 is 2.53 bits per heavy atom. The zero-order chi connectivity index (χ0) is 21.5. The summed E-state index contributed by atoms with van der Waals surface area (Å²) in [6, 6.07) is 14.3. The van der Waals surface area contributed by atoms with Gasteiger partial charge in [-0.3, -0.25) is 4.79 Å². The van der Waals surface area contributed by atoms with Gasteiger partial charge in [-0.2, -0.15) is 0 Å². The summed E-state index contributed by atoms with van der Waals surface area (Å²) in [5.74, 6) is 1.02. The van der Waals surface area contributed by atoms with E-state index in [0.717, 1.165) is 11.3 Å². The highest BCUT2D eigenvalue weighted by atomic mass is 32.2. The number of aromatic nitrogens is 3. The Bertz CT molecular complexity index is 1030. The van der Waals surface area contributed by atoms with Crippen molar-refractivity contribution in [1.29, 1.82) is 0 Å². The zero-order valence-electron chi connectivity index (χ0n) is 16.9. The second-order valence-electron chi connectivity index (χ2n) is 6.42. The Kier molecular flexibility index (Phi) is 7.08. The zero-order valence-corrected chi connectivity index (χ0v) is 17.7. The molecule has 3 rings (SSSR count). The minimum absolute atomic E-state index is 0.170. The van der Waals surface area contributed by atoms with Crippen molar-refractivity contribution in [2.45, 2.75) is 18.7 Å². The van der Waals surface area contributed by atoms with Gasteiger partial charge in [0.25, 0.3) is 0 Å². The molecular formula is C21H22N4O4S. The van der Waals surface area contributed by atoms with Crippen LogP contribution >= 0.6 is 11.8 Å². The summed E-state index contributed by atoms with van der Waals surface area (Å²) < 4.78 is 12.3. The van der Waals surface area contributed by atoms with Gasteiger partial charge in [-0.1, -0.05) is 30.0 Å². The number of anilines is 1. The normalized spacial score (nSPS) is 10.5. The molecule has 0 fully saturated rings. The van der Waals surface area contributed by atoms with Gasteiger partial charge < -0.3 is 19.4 Å². The highest BCUT2D eigenvalue weighted by Gasteiger charge is 2.13. The molecule has 0 aliphatic rings. The molecule has 8 nitrogen and oxygen atoms in total. The summed E-state index contributed by atoms with van der Waals surface area (Å²) >= 11 is 1.28. The van der Waals surface area contributed by atoms with E-state index in [1.807, 2.05) is 38.2 Å². The largest absolute Gasteiger partial charge is 0.485 e. The highest BCUT2D eigenvalue weighted by Crippen LogP contribution is 2.20. The van der Waals surface area contributed by atoms with Crippen molar-refractivity contribution in [3.8, 4) is 5.75 Å². The number of nitrogens with one attached hydrogen (secondary N) is 1. The van der Waals surface area contributed by atoms with Crippen LogP contribution in [0.5, 0.6) is 5.75 Å². The number of nitrogens with zero attached hydrogens (tertiary/aromatic N) is 3. The number of methoxy groups -OCH3 is 1. The maximum absolute atomic E-state index is 12.2. The van der Waals surface area contributed by atoms with E-state index in [0.29, 0.717) is 22.2 Å². The predicted octanol–water partition coefficient (Wildman–Crippen LogP) is 3.22. The lowest BCUT2D eigenvalue weighted by molar-refractivity contribution is -0.113. The maximum atomic E-state index is 12.2. The quantitative estimate of drug-likeness (QED) is 0.436. The lowest BCUT2D eigenvalue weighted by Crippen LogP contribution is -2.14. The molecule has 0 saturated carbocycles. The van der Waals surface area contributed by atoms with Crippen LogP contribution in [0.3, 0.4) is 0 Å². The Morgan fingerprint density at radius 1 is 1.10 bits per heavy atom. The van der Waals surface area contributed by atoms with E-state index in [1.54, 1.807) is 28.8 Å². The van der Waals surface area contributed by atoms with Gasteiger partial charge in [0.2, 0.25) is 5.91 Å². The second-order valence-corrected chi connectivity index (χ2v) is 7.36. The van der Waals surface area contributed by atoms with Crippen molar-refractivity contribution in [2.24, 2.45) is 7.05 Å². The molecule has 0 atom stereocenters. The molecule has 0 saturated heterocycles. The number of amides is 1. The third-order valence-corrected chi connectivity index (χ3v) is 5.32. The van der Waals surface area contributed by atoms with Crippen LogP contribution in [0.1, 0.15) is 21.7 Å². The molecule has 9 heteroatoms. The van der Waals surface area contributed by atoms with Crippen molar-refractivity contribution >= 4 is 29.3 Å². The molecule has 0 bridgehead atoms. The number of aryl methyl sites for hydroxylation is 1. The molecule has 3 aromatic rings. The molecule has 1 heterocycles. The van der Waals surface area contributed by atoms with Crippen molar-refractivity contribution in [3.63, 3.8) is 0 Å². The number of rotatable bonds is 8. The number of carbonyl (C=O) groups is 2. The molecule has 0 aliphatic carbocycles. The maximum Gasteiger partial charge on any atom is 0.337 e. The molecular weight excluding hydrogens is 404 g/mol. The van der Waals surface area contributed by atoms with Crippen LogP contribution in [0.25, 0.3) is 0 Å². The summed E-state index contributed by atoms with van der Waals surface area (Å²) in [5, 5.41) is 11.7. The van der Waals surface area contributed by atoms with Gasteiger partial charge >= 0.3 is 5.97 Å². The van der Waals surface area contributed by atoms with Crippen LogP contribution in [0.4, 0.5) is 5.69 Å². The van der Waals surface area contributed by atoms with Crippen LogP contribution in [0.15, 0.2) is 53.7 Å². The fourth-order valence-electron chi connectivity index (χ4n) is 2.59. The van der Waals surface area contributed by atoms with Crippen molar-refractivity contribution in [3.05, 3.63) is 65.5 Å². The van der Waals surface area contributed by atoms with Crippen LogP contribution in [-0.4, -0.2) is 39.5 Å². The van der Waals surface area contributed by atoms with Crippen LogP contribution in [0, 0.1) is 6.92 Å². The number of ether oxygens (including phenoxy) is 2. The van der Waals surface area contributed by atoms with E-state index in [-0.39, 0.29) is 18.3 Å². The SMILES string of the molecule is COC(=O)c1ccc(NC(=O)CSc2nnc(COc3ccccc3C)n2C)cc1. The molecule has 0 spiro atoms. The Balaban J connectivity index is 1.51. The molecule has 156 valence electrons. The molecule has 1 N–H and O–H groups in total. The van der Waals surface area contributed by atoms with E-state index in [4.69, 9.17) is 4.74 Å². The standard InChI is InChI=1S/C21H22N4O4S/c1-14-6-4-5-7-17(14)29-12-18-23-24-21(25(18)2)30-13-19(26)22-16-10-8-15(9-11-16)20(27)28-3/h4-11H,12-13H2,1-3H3,(H,22,26). The van der Waals surface area contributed by atoms with E-state index in [2.05, 4.69) is 20.3 Å². The van der Waals surface area contributed by atoms with Gasteiger partial charge in [-0.05, 0) is 42.8 Å². The van der Waals surface area contributed by atoms with Gasteiger partial charge in [0.1, 0.15) is 12.4 Å². The number of benzene rings is 2. The van der Waals surface area contributed by atoms with Gasteiger partial charge in [0, 0.05) is 12.7 Å². The minimum atomic E-state index is -0.423. The number of esters is 1. The monoisotopic (exact) mass is 426 g/mol. The molecule has 0 unspecified atom stereocenters. The molecule has 2 aromatic carbocycles. The Morgan fingerprint density at radius 2 is 1.83 bits per heavy atom. The number of hydrogen-bond acceptors (Lipinski definition) is 7. The lowest BCUT2D eigenvalue weighted by Gasteiger charge is -2.09. The van der Waals surface area contributed by atoms with Gasteiger partial charge in [0.15, 0.2) is 11.0 Å². The predicted molar refractivity (Wildman–Crippen MR) is 114 cm³/mol. The lowest BCUT2D eigenvalue weighted by atomic mass is 10.2. The first-order valence-electron chi connectivity index (χ1n) is 9.15. The van der Waals surface area contributed by atoms with E-state index >= 15 is 0 Å². The second kappa shape index (κ2) is 9.93.